The summed E-state index contributed by atoms with van der Waals surface area (Å²) < 4.78 is 5.55. The molecule has 2 N–H and O–H groups in total. The molecule has 0 spiro atoms. The van der Waals surface area contributed by atoms with E-state index >= 15 is 0 Å². The van der Waals surface area contributed by atoms with Crippen LogP contribution >= 0.6 is 0 Å². The first-order valence-electron chi connectivity index (χ1n) is 8.40. The average molecular weight is 323 g/mol. The second kappa shape index (κ2) is 6.63. The zero-order valence-corrected chi connectivity index (χ0v) is 13.5. The van der Waals surface area contributed by atoms with Gasteiger partial charge < -0.3 is 20.3 Å². The number of para-hydroxylation sites is 3. The molecule has 1 fully saturated rings. The van der Waals surface area contributed by atoms with Crippen molar-refractivity contribution >= 4 is 23.0 Å². The lowest BCUT2D eigenvalue weighted by molar-refractivity contribution is -0.128. The van der Waals surface area contributed by atoms with Gasteiger partial charge in [-0.2, -0.15) is 0 Å². The first-order valence-corrected chi connectivity index (χ1v) is 8.40. The Morgan fingerprint density at radius 1 is 1.12 bits per heavy atom. The highest BCUT2D eigenvalue weighted by atomic mass is 16.5. The Morgan fingerprint density at radius 2 is 1.92 bits per heavy atom. The molecule has 1 amide bonds. The Hall–Kier alpha value is -2.37. The molecule has 0 aliphatic carbocycles. The van der Waals surface area contributed by atoms with Crippen molar-refractivity contribution in [3.05, 3.63) is 54.1 Å². The number of benzene rings is 2. The molecule has 5 nitrogen and oxygen atoms in total. The van der Waals surface area contributed by atoms with Gasteiger partial charge in [-0.05, 0) is 30.2 Å². The molecule has 2 aromatic carbocycles. The van der Waals surface area contributed by atoms with Crippen molar-refractivity contribution in [1.29, 1.82) is 0 Å². The molecule has 0 aromatic heterocycles. The summed E-state index contributed by atoms with van der Waals surface area (Å²) in [6, 6.07) is 16.4. The first kappa shape index (κ1) is 15.2. The molecule has 2 aliphatic rings. The largest absolute Gasteiger partial charge is 0.366 e. The zero-order chi connectivity index (χ0) is 16.4. The summed E-state index contributed by atoms with van der Waals surface area (Å²) in [5.74, 6) is -0.0952. The normalized spacial score (nSPS) is 19.8. The number of carbonyl (C=O) groups is 1. The zero-order valence-electron chi connectivity index (χ0n) is 13.5. The van der Waals surface area contributed by atoms with Crippen LogP contribution in [0.5, 0.6) is 0 Å². The Bertz CT molecular complexity index is 741. The number of ether oxygens (including phenoxy) is 1. The highest BCUT2D eigenvalue weighted by molar-refractivity contribution is 5.98. The van der Waals surface area contributed by atoms with Crippen LogP contribution in [0, 0.1) is 0 Å². The summed E-state index contributed by atoms with van der Waals surface area (Å²) in [6.07, 6.45) is 0.589. The summed E-state index contributed by atoms with van der Waals surface area (Å²) in [4.78, 5) is 14.8. The lowest BCUT2D eigenvalue weighted by atomic mass is 10.1. The molecule has 0 saturated carbocycles. The fourth-order valence-corrected chi connectivity index (χ4v) is 3.35. The number of morpholine rings is 1. The van der Waals surface area contributed by atoms with E-state index in [0.717, 1.165) is 30.9 Å². The van der Waals surface area contributed by atoms with E-state index in [1.807, 2.05) is 18.2 Å². The van der Waals surface area contributed by atoms with Crippen molar-refractivity contribution in [2.24, 2.45) is 0 Å². The highest BCUT2D eigenvalue weighted by Crippen LogP contribution is 2.38. The maximum atomic E-state index is 12.5. The molecule has 1 unspecified atom stereocenters. The standard InChI is InChI=1S/C19H21N3O2/c23-19(18-13-20-10-12-24-18)21-15-6-2-4-8-17(15)22-11-9-14-5-1-3-7-16(14)22/h1-8,18,20H,9-13H2,(H,21,23). The maximum Gasteiger partial charge on any atom is 0.254 e. The SMILES string of the molecule is O=C(Nc1ccccc1N1CCc2ccccc21)C1CNCCO1. The fraction of sp³-hybridized carbons (Fsp3) is 0.316. The molecular formula is C19H21N3O2. The molecule has 4 rings (SSSR count). The maximum absolute atomic E-state index is 12.5. The van der Waals surface area contributed by atoms with Crippen LogP contribution in [-0.2, 0) is 16.0 Å². The number of rotatable bonds is 3. The van der Waals surface area contributed by atoms with Crippen LogP contribution in [0.2, 0.25) is 0 Å². The van der Waals surface area contributed by atoms with Crippen molar-refractivity contribution in [1.82, 2.24) is 5.32 Å². The molecule has 1 atom stereocenters. The second-order valence-electron chi connectivity index (χ2n) is 6.10. The van der Waals surface area contributed by atoms with Gasteiger partial charge in [-0.1, -0.05) is 30.3 Å². The lowest BCUT2D eigenvalue weighted by Crippen LogP contribution is -2.45. The summed E-state index contributed by atoms with van der Waals surface area (Å²) >= 11 is 0. The van der Waals surface area contributed by atoms with Gasteiger partial charge in [0.25, 0.3) is 5.91 Å². The van der Waals surface area contributed by atoms with Gasteiger partial charge in [-0.3, -0.25) is 4.79 Å². The molecular weight excluding hydrogens is 302 g/mol. The molecule has 0 bridgehead atoms. The van der Waals surface area contributed by atoms with Crippen LogP contribution in [0.15, 0.2) is 48.5 Å². The number of nitrogens with zero attached hydrogens (tertiary/aromatic N) is 1. The number of anilines is 3. The van der Waals surface area contributed by atoms with Crippen molar-refractivity contribution in [2.45, 2.75) is 12.5 Å². The molecule has 2 aromatic rings. The Labute approximate surface area is 141 Å². The predicted octanol–water partition coefficient (Wildman–Crippen LogP) is 2.31. The van der Waals surface area contributed by atoms with E-state index in [1.54, 1.807) is 0 Å². The summed E-state index contributed by atoms with van der Waals surface area (Å²) in [6.45, 7) is 2.85. The average Bonchev–Trinajstić information content (AvgIpc) is 3.07. The van der Waals surface area contributed by atoms with E-state index in [2.05, 4.69) is 45.9 Å². The molecule has 5 heteroatoms. The van der Waals surface area contributed by atoms with E-state index in [9.17, 15) is 4.79 Å². The van der Waals surface area contributed by atoms with Gasteiger partial charge in [-0.25, -0.2) is 0 Å². The third-order valence-electron chi connectivity index (χ3n) is 4.56. The van der Waals surface area contributed by atoms with Gasteiger partial charge in [0.15, 0.2) is 0 Å². The summed E-state index contributed by atoms with van der Waals surface area (Å²) in [7, 11) is 0. The topological polar surface area (TPSA) is 53.6 Å². The molecule has 24 heavy (non-hydrogen) atoms. The van der Waals surface area contributed by atoms with Gasteiger partial charge in [-0.15, -0.1) is 0 Å². The van der Waals surface area contributed by atoms with Crippen molar-refractivity contribution in [3.8, 4) is 0 Å². The minimum absolute atomic E-state index is 0.0952. The van der Waals surface area contributed by atoms with Crippen LogP contribution < -0.4 is 15.5 Å². The Kier molecular flexibility index (Phi) is 4.19. The van der Waals surface area contributed by atoms with E-state index in [-0.39, 0.29) is 5.91 Å². The predicted molar refractivity (Wildman–Crippen MR) is 94.8 cm³/mol. The Balaban J connectivity index is 1.58. The number of nitrogens with one attached hydrogen (secondary N) is 2. The van der Waals surface area contributed by atoms with E-state index < -0.39 is 6.10 Å². The van der Waals surface area contributed by atoms with E-state index in [1.165, 1.54) is 11.3 Å². The minimum atomic E-state index is -0.433. The molecule has 2 heterocycles. The van der Waals surface area contributed by atoms with Crippen molar-refractivity contribution < 1.29 is 9.53 Å². The number of hydrogen-bond donors (Lipinski definition) is 2. The number of fused-ring (bicyclic) bond motifs is 1. The van der Waals surface area contributed by atoms with Crippen molar-refractivity contribution in [2.75, 3.05) is 36.5 Å². The van der Waals surface area contributed by atoms with E-state index in [0.29, 0.717) is 13.2 Å². The van der Waals surface area contributed by atoms with E-state index in [4.69, 9.17) is 4.74 Å². The van der Waals surface area contributed by atoms with Gasteiger partial charge in [0, 0.05) is 25.3 Å². The first-order chi connectivity index (χ1) is 11.8. The molecule has 1 saturated heterocycles. The van der Waals surface area contributed by atoms with Gasteiger partial charge in [0.1, 0.15) is 6.10 Å². The molecule has 0 radical (unpaired) electrons. The lowest BCUT2D eigenvalue weighted by Gasteiger charge is -2.26. The summed E-state index contributed by atoms with van der Waals surface area (Å²) in [5.41, 5.74) is 4.42. The number of carbonyl (C=O) groups excluding carboxylic acids is 1. The Morgan fingerprint density at radius 3 is 2.75 bits per heavy atom. The number of hydrogen-bond acceptors (Lipinski definition) is 4. The molecule has 124 valence electrons. The van der Waals surface area contributed by atoms with Crippen LogP contribution in [-0.4, -0.2) is 38.3 Å². The minimum Gasteiger partial charge on any atom is -0.366 e. The number of amides is 1. The van der Waals surface area contributed by atoms with Gasteiger partial charge in [0.05, 0.1) is 18.0 Å². The third-order valence-corrected chi connectivity index (χ3v) is 4.56. The third kappa shape index (κ3) is 2.88. The highest BCUT2D eigenvalue weighted by Gasteiger charge is 2.25. The van der Waals surface area contributed by atoms with Gasteiger partial charge in [0.2, 0.25) is 0 Å². The van der Waals surface area contributed by atoms with Crippen LogP contribution in [0.25, 0.3) is 0 Å². The second-order valence-corrected chi connectivity index (χ2v) is 6.10. The quantitative estimate of drug-likeness (QED) is 0.910. The van der Waals surface area contributed by atoms with Gasteiger partial charge >= 0.3 is 0 Å². The monoisotopic (exact) mass is 323 g/mol. The smallest absolute Gasteiger partial charge is 0.254 e. The van der Waals surface area contributed by atoms with Crippen LogP contribution in [0.3, 0.4) is 0 Å². The fourth-order valence-electron chi connectivity index (χ4n) is 3.35. The molecule has 2 aliphatic heterocycles. The summed E-state index contributed by atoms with van der Waals surface area (Å²) in [5, 5.41) is 6.23. The van der Waals surface area contributed by atoms with Crippen LogP contribution in [0.1, 0.15) is 5.56 Å². The van der Waals surface area contributed by atoms with Crippen LogP contribution in [0.4, 0.5) is 17.1 Å². The van der Waals surface area contributed by atoms with Crippen molar-refractivity contribution in [3.63, 3.8) is 0 Å².